The van der Waals surface area contributed by atoms with Crippen molar-refractivity contribution in [3.05, 3.63) is 0 Å². The van der Waals surface area contributed by atoms with Crippen LogP contribution >= 0.6 is 0 Å². The second-order valence-corrected chi connectivity index (χ2v) is 6.74. The Hall–Kier alpha value is -0.570. The molecule has 1 saturated carbocycles. The second kappa shape index (κ2) is 6.05. The van der Waals surface area contributed by atoms with E-state index < -0.39 is 0 Å². The largest absolute Gasteiger partial charge is 0.355 e. The van der Waals surface area contributed by atoms with E-state index in [0.29, 0.717) is 11.3 Å². The zero-order valence-electron chi connectivity index (χ0n) is 11.9. The molecule has 2 N–H and O–H groups in total. The molecule has 1 saturated heterocycles. The lowest BCUT2D eigenvalue weighted by Gasteiger charge is -2.35. The van der Waals surface area contributed by atoms with Crippen LogP contribution in [0.1, 0.15) is 52.4 Å². The van der Waals surface area contributed by atoms with Gasteiger partial charge in [-0.25, -0.2) is 0 Å². The predicted octanol–water partition coefficient (Wildman–Crippen LogP) is 2.32. The lowest BCUT2D eigenvalue weighted by molar-refractivity contribution is -0.126. The van der Waals surface area contributed by atoms with Crippen LogP contribution in [0.15, 0.2) is 0 Å². The van der Waals surface area contributed by atoms with E-state index in [4.69, 9.17) is 0 Å². The van der Waals surface area contributed by atoms with Crippen molar-refractivity contribution >= 4 is 5.91 Å². The van der Waals surface area contributed by atoms with E-state index >= 15 is 0 Å². The summed E-state index contributed by atoms with van der Waals surface area (Å²) in [5, 5.41) is 6.59. The topological polar surface area (TPSA) is 41.1 Å². The Bertz CT molecular complexity index is 276. The molecule has 1 heterocycles. The van der Waals surface area contributed by atoms with E-state index in [2.05, 4.69) is 24.5 Å². The van der Waals surface area contributed by atoms with Gasteiger partial charge in [-0.05, 0) is 62.9 Å². The summed E-state index contributed by atoms with van der Waals surface area (Å²) in [7, 11) is 0. The van der Waals surface area contributed by atoms with Crippen LogP contribution in [0.25, 0.3) is 0 Å². The van der Waals surface area contributed by atoms with Crippen LogP contribution in [-0.2, 0) is 4.79 Å². The number of piperidine rings is 1. The Morgan fingerprint density at radius 3 is 2.44 bits per heavy atom. The maximum Gasteiger partial charge on any atom is 0.223 e. The van der Waals surface area contributed by atoms with Gasteiger partial charge in [0, 0.05) is 12.5 Å². The first-order valence-electron chi connectivity index (χ1n) is 7.57. The molecule has 0 atom stereocenters. The van der Waals surface area contributed by atoms with Crippen molar-refractivity contribution in [2.45, 2.75) is 52.4 Å². The Kier molecular flexibility index (Phi) is 4.66. The number of nitrogens with one attached hydrogen (secondary N) is 2. The molecular weight excluding hydrogens is 224 g/mol. The molecule has 18 heavy (non-hydrogen) atoms. The van der Waals surface area contributed by atoms with E-state index in [1.165, 1.54) is 25.7 Å². The van der Waals surface area contributed by atoms with E-state index in [1.807, 2.05) is 0 Å². The van der Waals surface area contributed by atoms with Crippen molar-refractivity contribution < 1.29 is 4.79 Å². The minimum Gasteiger partial charge on any atom is -0.355 e. The molecule has 0 aromatic carbocycles. The molecule has 1 aliphatic heterocycles. The third kappa shape index (κ3) is 3.71. The lowest BCUT2D eigenvalue weighted by atomic mass is 9.80. The second-order valence-electron chi connectivity index (χ2n) is 6.74. The maximum atomic E-state index is 12.2. The third-order valence-electron chi connectivity index (χ3n) is 4.89. The Labute approximate surface area is 111 Å². The summed E-state index contributed by atoms with van der Waals surface area (Å²) in [5.41, 5.74) is 0.308. The first-order chi connectivity index (χ1) is 8.59. The van der Waals surface area contributed by atoms with Gasteiger partial charge in [-0.1, -0.05) is 13.8 Å². The first kappa shape index (κ1) is 13.9. The summed E-state index contributed by atoms with van der Waals surface area (Å²) in [6, 6.07) is 0. The average molecular weight is 252 g/mol. The molecule has 2 aliphatic rings. The molecular formula is C15H28N2O. The minimum atomic E-state index is 0.284. The van der Waals surface area contributed by atoms with Gasteiger partial charge in [0.25, 0.3) is 0 Å². The van der Waals surface area contributed by atoms with Gasteiger partial charge in [-0.2, -0.15) is 0 Å². The van der Waals surface area contributed by atoms with Crippen LogP contribution in [0.2, 0.25) is 0 Å². The van der Waals surface area contributed by atoms with E-state index in [0.717, 1.165) is 38.4 Å². The van der Waals surface area contributed by atoms with Crippen molar-refractivity contribution in [1.29, 1.82) is 0 Å². The molecule has 1 amide bonds. The average Bonchev–Trinajstić information content (AvgIpc) is 2.38. The fraction of sp³-hybridized carbons (Fsp3) is 0.933. The van der Waals surface area contributed by atoms with Crippen molar-refractivity contribution in [3.63, 3.8) is 0 Å². The molecule has 0 aromatic heterocycles. The summed E-state index contributed by atoms with van der Waals surface area (Å²) in [5.74, 6) is 1.41. The van der Waals surface area contributed by atoms with Crippen molar-refractivity contribution in [3.8, 4) is 0 Å². The normalized spacial score (nSPS) is 31.9. The highest BCUT2D eigenvalue weighted by Crippen LogP contribution is 2.30. The summed E-state index contributed by atoms with van der Waals surface area (Å²) in [6.07, 6.45) is 6.97. The molecule has 0 bridgehead atoms. The number of hydrogen-bond donors (Lipinski definition) is 2. The quantitative estimate of drug-likeness (QED) is 0.809. The van der Waals surface area contributed by atoms with Crippen LogP contribution in [0.5, 0.6) is 0 Å². The number of rotatable bonds is 3. The van der Waals surface area contributed by atoms with Gasteiger partial charge < -0.3 is 10.6 Å². The minimum absolute atomic E-state index is 0.284. The number of hydrogen-bond acceptors (Lipinski definition) is 2. The standard InChI is InChI=1S/C15H28N2O/c1-12-3-5-13(6-4-12)14(18)17-11-15(2)7-9-16-10-8-15/h12-13,16H,3-11H2,1-2H3,(H,17,18). The van der Waals surface area contributed by atoms with Crippen LogP contribution in [0, 0.1) is 17.3 Å². The smallest absolute Gasteiger partial charge is 0.223 e. The highest BCUT2D eigenvalue weighted by Gasteiger charge is 2.29. The van der Waals surface area contributed by atoms with E-state index in [-0.39, 0.29) is 5.92 Å². The summed E-state index contributed by atoms with van der Waals surface area (Å²) in [4.78, 5) is 12.2. The van der Waals surface area contributed by atoms with Gasteiger partial charge in [0.1, 0.15) is 0 Å². The number of carbonyl (C=O) groups is 1. The summed E-state index contributed by atoms with van der Waals surface area (Å²) in [6.45, 7) is 7.64. The maximum absolute atomic E-state index is 12.2. The van der Waals surface area contributed by atoms with Gasteiger partial charge in [0.05, 0.1) is 0 Å². The molecule has 1 aliphatic carbocycles. The fourth-order valence-corrected chi connectivity index (χ4v) is 3.17. The SMILES string of the molecule is CC1CCC(C(=O)NCC2(C)CCNCC2)CC1. The van der Waals surface area contributed by atoms with Gasteiger partial charge in [-0.15, -0.1) is 0 Å². The van der Waals surface area contributed by atoms with Crippen molar-refractivity contribution in [2.75, 3.05) is 19.6 Å². The molecule has 0 spiro atoms. The predicted molar refractivity (Wildman–Crippen MR) is 74.3 cm³/mol. The number of carbonyl (C=O) groups excluding carboxylic acids is 1. The zero-order chi connectivity index (χ0) is 13.0. The summed E-state index contributed by atoms with van der Waals surface area (Å²) >= 11 is 0. The summed E-state index contributed by atoms with van der Waals surface area (Å²) < 4.78 is 0. The fourth-order valence-electron chi connectivity index (χ4n) is 3.17. The van der Waals surface area contributed by atoms with Crippen LogP contribution in [0.4, 0.5) is 0 Å². The number of amides is 1. The van der Waals surface area contributed by atoms with Crippen molar-refractivity contribution in [1.82, 2.24) is 10.6 Å². The van der Waals surface area contributed by atoms with E-state index in [9.17, 15) is 4.79 Å². The molecule has 2 fully saturated rings. The highest BCUT2D eigenvalue weighted by atomic mass is 16.1. The Balaban J connectivity index is 1.74. The van der Waals surface area contributed by atoms with Crippen LogP contribution in [-0.4, -0.2) is 25.5 Å². The van der Waals surface area contributed by atoms with Gasteiger partial charge >= 0.3 is 0 Å². The van der Waals surface area contributed by atoms with Crippen LogP contribution < -0.4 is 10.6 Å². The molecule has 0 unspecified atom stereocenters. The Morgan fingerprint density at radius 1 is 1.22 bits per heavy atom. The zero-order valence-corrected chi connectivity index (χ0v) is 11.9. The Morgan fingerprint density at radius 2 is 1.83 bits per heavy atom. The van der Waals surface area contributed by atoms with Crippen LogP contribution in [0.3, 0.4) is 0 Å². The molecule has 3 heteroatoms. The van der Waals surface area contributed by atoms with Gasteiger partial charge in [-0.3, -0.25) is 4.79 Å². The monoisotopic (exact) mass is 252 g/mol. The van der Waals surface area contributed by atoms with E-state index in [1.54, 1.807) is 0 Å². The molecule has 3 nitrogen and oxygen atoms in total. The van der Waals surface area contributed by atoms with Crippen molar-refractivity contribution in [2.24, 2.45) is 17.3 Å². The highest BCUT2D eigenvalue weighted by molar-refractivity contribution is 5.78. The molecule has 104 valence electrons. The lowest BCUT2D eigenvalue weighted by Crippen LogP contribution is -2.44. The molecule has 2 rings (SSSR count). The molecule has 0 radical (unpaired) electrons. The first-order valence-corrected chi connectivity index (χ1v) is 7.57. The molecule has 0 aromatic rings. The third-order valence-corrected chi connectivity index (χ3v) is 4.89. The van der Waals surface area contributed by atoms with Gasteiger partial charge in [0.2, 0.25) is 5.91 Å². The van der Waals surface area contributed by atoms with Gasteiger partial charge in [0.15, 0.2) is 0 Å².